The predicted octanol–water partition coefficient (Wildman–Crippen LogP) is 2.34. The Bertz CT molecular complexity index is 286. The second kappa shape index (κ2) is 3.92. The van der Waals surface area contributed by atoms with Gasteiger partial charge in [-0.2, -0.15) is 0 Å². The van der Waals surface area contributed by atoms with Crippen LogP contribution in [0.2, 0.25) is 5.02 Å². The number of anilines is 1. The summed E-state index contributed by atoms with van der Waals surface area (Å²) in [5, 5.41) is 3.83. The largest absolute Gasteiger partial charge is 0.368 e. The van der Waals surface area contributed by atoms with Crippen LogP contribution in [0, 0.1) is 5.92 Å². The lowest BCUT2D eigenvalue weighted by Gasteiger charge is -2.25. The zero-order chi connectivity index (χ0) is 9.10. The molecule has 0 atom stereocenters. The van der Waals surface area contributed by atoms with E-state index in [2.05, 4.69) is 15.3 Å². The lowest BCUT2D eigenvalue weighted by Crippen LogP contribution is -2.21. The van der Waals surface area contributed by atoms with Gasteiger partial charge in [0.2, 0.25) is 0 Å². The van der Waals surface area contributed by atoms with Gasteiger partial charge < -0.3 is 5.32 Å². The van der Waals surface area contributed by atoms with Crippen molar-refractivity contribution in [3.05, 3.63) is 17.5 Å². The average Bonchev–Trinajstić information content (AvgIpc) is 2.05. The number of halogens is 1. The Balaban J connectivity index is 1.89. The molecule has 0 spiro atoms. The van der Waals surface area contributed by atoms with Crippen molar-refractivity contribution in [3.63, 3.8) is 0 Å². The summed E-state index contributed by atoms with van der Waals surface area (Å²) in [7, 11) is 0. The Labute approximate surface area is 82.5 Å². The molecule has 0 saturated heterocycles. The van der Waals surface area contributed by atoms with E-state index >= 15 is 0 Å². The highest BCUT2D eigenvalue weighted by molar-refractivity contribution is 6.32. The van der Waals surface area contributed by atoms with E-state index in [1.807, 2.05) is 0 Å². The molecule has 13 heavy (non-hydrogen) atoms. The van der Waals surface area contributed by atoms with Gasteiger partial charge in [-0.05, 0) is 18.8 Å². The standard InChI is InChI=1S/C9H12ClN3/c10-8-5-11-6-13-9(8)12-4-7-2-1-3-7/h5-7H,1-4H2,(H,11,12,13). The van der Waals surface area contributed by atoms with Crippen LogP contribution in [0.1, 0.15) is 19.3 Å². The number of nitrogens with zero attached hydrogens (tertiary/aromatic N) is 2. The van der Waals surface area contributed by atoms with Crippen LogP contribution in [-0.2, 0) is 0 Å². The fourth-order valence-electron chi connectivity index (χ4n) is 1.38. The molecule has 1 N–H and O–H groups in total. The van der Waals surface area contributed by atoms with Crippen LogP contribution in [0.15, 0.2) is 12.5 Å². The minimum atomic E-state index is 0.599. The van der Waals surface area contributed by atoms with Crippen LogP contribution in [0.25, 0.3) is 0 Å². The van der Waals surface area contributed by atoms with E-state index < -0.39 is 0 Å². The summed E-state index contributed by atoms with van der Waals surface area (Å²) in [5.74, 6) is 1.56. The van der Waals surface area contributed by atoms with E-state index in [4.69, 9.17) is 11.6 Å². The van der Waals surface area contributed by atoms with Crippen LogP contribution in [-0.4, -0.2) is 16.5 Å². The Kier molecular flexibility index (Phi) is 2.64. The predicted molar refractivity (Wildman–Crippen MR) is 52.9 cm³/mol. The maximum atomic E-state index is 5.88. The van der Waals surface area contributed by atoms with Crippen molar-refractivity contribution in [2.45, 2.75) is 19.3 Å². The smallest absolute Gasteiger partial charge is 0.148 e. The molecule has 1 saturated carbocycles. The zero-order valence-corrected chi connectivity index (χ0v) is 8.09. The van der Waals surface area contributed by atoms with Crippen molar-refractivity contribution in [1.82, 2.24) is 9.97 Å². The Morgan fingerprint density at radius 2 is 2.38 bits per heavy atom. The SMILES string of the molecule is Clc1cncnc1NCC1CCC1. The monoisotopic (exact) mass is 197 g/mol. The molecular weight excluding hydrogens is 186 g/mol. The molecule has 4 heteroatoms. The third-order valence-corrected chi connectivity index (χ3v) is 2.73. The number of hydrogen-bond acceptors (Lipinski definition) is 3. The minimum Gasteiger partial charge on any atom is -0.368 e. The van der Waals surface area contributed by atoms with Gasteiger partial charge in [-0.1, -0.05) is 18.0 Å². The molecule has 0 amide bonds. The van der Waals surface area contributed by atoms with Gasteiger partial charge >= 0.3 is 0 Å². The van der Waals surface area contributed by atoms with Crippen LogP contribution >= 0.6 is 11.6 Å². The summed E-state index contributed by atoms with van der Waals surface area (Å²) in [4.78, 5) is 7.88. The molecule has 0 bridgehead atoms. The molecule has 0 unspecified atom stereocenters. The Morgan fingerprint density at radius 3 is 3.00 bits per heavy atom. The quantitative estimate of drug-likeness (QED) is 0.809. The minimum absolute atomic E-state index is 0.599. The lowest BCUT2D eigenvalue weighted by molar-refractivity contribution is 0.333. The summed E-state index contributed by atoms with van der Waals surface area (Å²) in [6.07, 6.45) is 7.14. The van der Waals surface area contributed by atoms with Gasteiger partial charge in [0, 0.05) is 6.54 Å². The first-order valence-corrected chi connectivity index (χ1v) is 4.93. The highest BCUT2D eigenvalue weighted by Gasteiger charge is 2.17. The van der Waals surface area contributed by atoms with Crippen LogP contribution in [0.5, 0.6) is 0 Å². The molecule has 1 aromatic heterocycles. The number of aromatic nitrogens is 2. The molecule has 3 nitrogen and oxygen atoms in total. The fraction of sp³-hybridized carbons (Fsp3) is 0.556. The first-order valence-electron chi connectivity index (χ1n) is 4.55. The molecule has 1 aliphatic carbocycles. The summed E-state index contributed by atoms with van der Waals surface area (Å²) < 4.78 is 0. The first-order chi connectivity index (χ1) is 6.36. The second-order valence-electron chi connectivity index (χ2n) is 3.40. The Hall–Kier alpha value is -0.830. The lowest BCUT2D eigenvalue weighted by atomic mass is 9.85. The summed E-state index contributed by atoms with van der Waals surface area (Å²) >= 11 is 5.88. The van der Waals surface area contributed by atoms with Crippen LogP contribution < -0.4 is 5.32 Å². The number of rotatable bonds is 3. The molecule has 1 heterocycles. The van der Waals surface area contributed by atoms with Gasteiger partial charge in [-0.15, -0.1) is 0 Å². The molecule has 1 fully saturated rings. The zero-order valence-electron chi connectivity index (χ0n) is 7.33. The highest BCUT2D eigenvalue weighted by Crippen LogP contribution is 2.27. The molecule has 0 radical (unpaired) electrons. The summed E-state index contributed by atoms with van der Waals surface area (Å²) in [5.41, 5.74) is 0. The normalized spacial score (nSPS) is 16.7. The first kappa shape index (κ1) is 8.75. The summed E-state index contributed by atoms with van der Waals surface area (Å²) in [6.45, 7) is 0.983. The van der Waals surface area contributed by atoms with E-state index in [-0.39, 0.29) is 0 Å². The van der Waals surface area contributed by atoms with E-state index in [1.165, 1.54) is 25.6 Å². The third kappa shape index (κ3) is 2.10. The molecule has 0 aromatic carbocycles. The van der Waals surface area contributed by atoms with E-state index in [1.54, 1.807) is 6.20 Å². The fourth-order valence-corrected chi connectivity index (χ4v) is 1.55. The molecule has 1 aromatic rings. The molecule has 2 rings (SSSR count). The van der Waals surface area contributed by atoms with Gasteiger partial charge in [0.1, 0.15) is 17.2 Å². The van der Waals surface area contributed by atoms with E-state index in [0.717, 1.165) is 18.3 Å². The molecule has 70 valence electrons. The molecular formula is C9H12ClN3. The van der Waals surface area contributed by atoms with Crippen molar-refractivity contribution in [1.29, 1.82) is 0 Å². The molecule has 1 aliphatic rings. The van der Waals surface area contributed by atoms with Gasteiger partial charge in [-0.25, -0.2) is 9.97 Å². The van der Waals surface area contributed by atoms with Crippen LogP contribution in [0.4, 0.5) is 5.82 Å². The van der Waals surface area contributed by atoms with Crippen molar-refractivity contribution >= 4 is 17.4 Å². The van der Waals surface area contributed by atoms with Crippen LogP contribution in [0.3, 0.4) is 0 Å². The highest BCUT2D eigenvalue weighted by atomic mass is 35.5. The van der Waals surface area contributed by atoms with E-state index in [9.17, 15) is 0 Å². The average molecular weight is 198 g/mol. The van der Waals surface area contributed by atoms with Crippen molar-refractivity contribution < 1.29 is 0 Å². The second-order valence-corrected chi connectivity index (χ2v) is 3.80. The van der Waals surface area contributed by atoms with E-state index in [0.29, 0.717) is 5.02 Å². The van der Waals surface area contributed by atoms with Gasteiger partial charge in [0.25, 0.3) is 0 Å². The van der Waals surface area contributed by atoms with Crippen molar-refractivity contribution in [2.75, 3.05) is 11.9 Å². The Morgan fingerprint density at radius 1 is 1.54 bits per heavy atom. The van der Waals surface area contributed by atoms with Crippen molar-refractivity contribution in [2.24, 2.45) is 5.92 Å². The van der Waals surface area contributed by atoms with Gasteiger partial charge in [0.05, 0.1) is 6.20 Å². The van der Waals surface area contributed by atoms with Gasteiger partial charge in [-0.3, -0.25) is 0 Å². The van der Waals surface area contributed by atoms with Gasteiger partial charge in [0.15, 0.2) is 0 Å². The summed E-state index contributed by atoms with van der Waals surface area (Å²) in [6, 6.07) is 0. The number of nitrogens with one attached hydrogen (secondary N) is 1. The maximum Gasteiger partial charge on any atom is 0.148 e. The molecule has 0 aliphatic heterocycles. The van der Waals surface area contributed by atoms with Crippen molar-refractivity contribution in [3.8, 4) is 0 Å². The maximum absolute atomic E-state index is 5.88. The number of hydrogen-bond donors (Lipinski definition) is 1. The topological polar surface area (TPSA) is 37.8 Å². The third-order valence-electron chi connectivity index (χ3n) is 2.45.